The molecule has 2 heterocycles. The minimum Gasteiger partial charge on any atom is -0.459 e. The third-order valence-electron chi connectivity index (χ3n) is 5.08. The topological polar surface area (TPSA) is 59.0 Å². The quantitative estimate of drug-likeness (QED) is 0.775. The van der Waals surface area contributed by atoms with Crippen molar-refractivity contribution in [2.45, 2.75) is 59.2 Å². The summed E-state index contributed by atoms with van der Waals surface area (Å²) in [5, 5.41) is 9.19. The first-order valence-electron chi connectivity index (χ1n) is 9.48. The number of rotatable bonds is 7. The number of ether oxygens (including phenoxy) is 2. The second kappa shape index (κ2) is 9.42. The Labute approximate surface area is 146 Å². The number of allylic oxidation sites excluding steroid dienone is 1. The molecule has 138 valence electrons. The van der Waals surface area contributed by atoms with Gasteiger partial charge in [-0.2, -0.15) is 0 Å². The standard InChI is InChI=1S/C19H33NO4/c1-4-23-19-15(9-8-12-21)16(14(2)3)13-17(24-19)18(22)20-10-6-5-7-11-20/h13-16,19,21H,4-12H2,1-3H3/t15-,16-,19-/m1/s1. The number of hydrogen-bond acceptors (Lipinski definition) is 4. The summed E-state index contributed by atoms with van der Waals surface area (Å²) in [6.07, 6.45) is 6.52. The van der Waals surface area contributed by atoms with Crippen LogP contribution in [-0.4, -0.2) is 48.5 Å². The van der Waals surface area contributed by atoms with Crippen LogP contribution in [0.4, 0.5) is 0 Å². The summed E-state index contributed by atoms with van der Waals surface area (Å²) >= 11 is 0. The molecule has 2 rings (SSSR count). The van der Waals surface area contributed by atoms with E-state index in [9.17, 15) is 9.90 Å². The molecule has 1 fully saturated rings. The van der Waals surface area contributed by atoms with E-state index in [1.807, 2.05) is 17.9 Å². The van der Waals surface area contributed by atoms with Gasteiger partial charge in [0.1, 0.15) is 0 Å². The molecule has 2 aliphatic rings. The van der Waals surface area contributed by atoms with Crippen LogP contribution in [0.1, 0.15) is 52.9 Å². The summed E-state index contributed by atoms with van der Waals surface area (Å²) in [5.74, 6) is 1.25. The predicted molar refractivity (Wildman–Crippen MR) is 93.2 cm³/mol. The van der Waals surface area contributed by atoms with Crippen molar-refractivity contribution in [1.29, 1.82) is 0 Å². The first-order valence-corrected chi connectivity index (χ1v) is 9.48. The van der Waals surface area contributed by atoms with Gasteiger partial charge in [-0.15, -0.1) is 0 Å². The van der Waals surface area contributed by atoms with Crippen molar-refractivity contribution in [2.24, 2.45) is 17.8 Å². The lowest BCUT2D eigenvalue weighted by molar-refractivity contribution is -0.178. The second-order valence-electron chi connectivity index (χ2n) is 7.18. The summed E-state index contributed by atoms with van der Waals surface area (Å²) < 4.78 is 11.8. The molecule has 0 bridgehead atoms. The van der Waals surface area contributed by atoms with Crippen molar-refractivity contribution in [3.8, 4) is 0 Å². The van der Waals surface area contributed by atoms with Gasteiger partial charge in [-0.25, -0.2) is 0 Å². The highest BCUT2D eigenvalue weighted by molar-refractivity contribution is 5.91. The van der Waals surface area contributed by atoms with Gasteiger partial charge in [0.25, 0.3) is 5.91 Å². The maximum Gasteiger partial charge on any atom is 0.288 e. The van der Waals surface area contributed by atoms with Crippen LogP contribution in [-0.2, 0) is 14.3 Å². The normalized spacial score (nSPS) is 27.8. The van der Waals surface area contributed by atoms with Crippen molar-refractivity contribution in [3.05, 3.63) is 11.8 Å². The zero-order valence-electron chi connectivity index (χ0n) is 15.4. The fourth-order valence-corrected chi connectivity index (χ4v) is 3.77. The zero-order valence-corrected chi connectivity index (χ0v) is 15.4. The van der Waals surface area contributed by atoms with Crippen molar-refractivity contribution in [3.63, 3.8) is 0 Å². The summed E-state index contributed by atoms with van der Waals surface area (Å²) in [7, 11) is 0. The molecule has 2 aliphatic heterocycles. The minimum atomic E-state index is -0.400. The Balaban J connectivity index is 2.19. The minimum absolute atomic E-state index is 0.00524. The van der Waals surface area contributed by atoms with Gasteiger partial charge >= 0.3 is 0 Å². The second-order valence-corrected chi connectivity index (χ2v) is 7.18. The van der Waals surface area contributed by atoms with Gasteiger partial charge in [0.2, 0.25) is 6.29 Å². The lowest BCUT2D eigenvalue weighted by Gasteiger charge is -2.39. The van der Waals surface area contributed by atoms with E-state index < -0.39 is 6.29 Å². The lowest BCUT2D eigenvalue weighted by atomic mass is 9.78. The van der Waals surface area contributed by atoms with Crippen molar-refractivity contribution < 1.29 is 19.4 Å². The van der Waals surface area contributed by atoms with Gasteiger partial charge in [-0.05, 0) is 56.9 Å². The SMILES string of the molecule is CCO[C@@H]1OC(C(=O)N2CCCCC2)=C[C@H](C(C)C)[C@H]1CCCO. The molecule has 1 amide bonds. The number of hydrogen-bond donors (Lipinski definition) is 1. The predicted octanol–water partition coefficient (Wildman–Crippen LogP) is 2.94. The molecule has 3 atom stereocenters. The Hall–Kier alpha value is -1.07. The number of aliphatic hydroxyl groups is 1. The van der Waals surface area contributed by atoms with E-state index in [0.717, 1.165) is 38.8 Å². The number of piperidine rings is 1. The highest BCUT2D eigenvalue weighted by atomic mass is 16.7. The van der Waals surface area contributed by atoms with Crippen LogP contribution in [0.5, 0.6) is 0 Å². The van der Waals surface area contributed by atoms with Gasteiger partial charge in [0, 0.05) is 32.2 Å². The molecule has 0 spiro atoms. The fourth-order valence-electron chi connectivity index (χ4n) is 3.77. The van der Waals surface area contributed by atoms with Crippen molar-refractivity contribution in [1.82, 2.24) is 4.90 Å². The molecule has 0 aromatic carbocycles. The van der Waals surface area contributed by atoms with Crippen LogP contribution < -0.4 is 0 Å². The monoisotopic (exact) mass is 339 g/mol. The summed E-state index contributed by atoms with van der Waals surface area (Å²) in [4.78, 5) is 14.7. The lowest BCUT2D eigenvalue weighted by Crippen LogP contribution is -2.43. The van der Waals surface area contributed by atoms with Crippen LogP contribution in [0.2, 0.25) is 0 Å². The molecule has 0 saturated carbocycles. The van der Waals surface area contributed by atoms with Gasteiger partial charge in [-0.1, -0.05) is 13.8 Å². The van der Waals surface area contributed by atoms with E-state index >= 15 is 0 Å². The molecule has 5 nitrogen and oxygen atoms in total. The molecular weight excluding hydrogens is 306 g/mol. The average molecular weight is 339 g/mol. The zero-order chi connectivity index (χ0) is 17.5. The van der Waals surface area contributed by atoms with Gasteiger partial charge in [0.05, 0.1) is 0 Å². The maximum atomic E-state index is 12.8. The third-order valence-corrected chi connectivity index (χ3v) is 5.08. The number of likely N-dealkylation sites (tertiary alicyclic amines) is 1. The van der Waals surface area contributed by atoms with E-state index in [0.29, 0.717) is 18.3 Å². The molecule has 0 unspecified atom stereocenters. The first-order chi connectivity index (χ1) is 11.6. The molecular formula is C19H33NO4. The number of carbonyl (C=O) groups is 1. The van der Waals surface area contributed by atoms with Gasteiger partial charge in [-0.3, -0.25) is 4.79 Å². The fraction of sp³-hybridized carbons (Fsp3) is 0.842. The molecule has 24 heavy (non-hydrogen) atoms. The smallest absolute Gasteiger partial charge is 0.288 e. The van der Waals surface area contributed by atoms with Gasteiger partial charge in [0.15, 0.2) is 5.76 Å². The van der Waals surface area contributed by atoms with Crippen LogP contribution in [0.3, 0.4) is 0 Å². The highest BCUT2D eigenvalue weighted by Gasteiger charge is 2.39. The van der Waals surface area contributed by atoms with E-state index in [4.69, 9.17) is 9.47 Å². The van der Waals surface area contributed by atoms with Crippen molar-refractivity contribution >= 4 is 5.91 Å². The van der Waals surface area contributed by atoms with Crippen LogP contribution in [0, 0.1) is 17.8 Å². The summed E-state index contributed by atoms with van der Waals surface area (Å²) in [5.41, 5.74) is 0. The van der Waals surface area contributed by atoms with Gasteiger partial charge < -0.3 is 19.5 Å². The van der Waals surface area contributed by atoms with E-state index in [1.54, 1.807) is 0 Å². The number of aliphatic hydroxyl groups excluding tert-OH is 1. The molecule has 0 aliphatic carbocycles. The Morgan fingerprint density at radius 1 is 1.38 bits per heavy atom. The molecule has 5 heteroatoms. The largest absolute Gasteiger partial charge is 0.459 e. The first kappa shape index (κ1) is 19.3. The Morgan fingerprint density at radius 3 is 2.67 bits per heavy atom. The average Bonchev–Trinajstić information content (AvgIpc) is 2.60. The molecule has 0 aromatic heterocycles. The number of carbonyl (C=O) groups excluding carboxylic acids is 1. The molecule has 0 radical (unpaired) electrons. The highest BCUT2D eigenvalue weighted by Crippen LogP contribution is 2.37. The van der Waals surface area contributed by atoms with E-state index in [2.05, 4.69) is 13.8 Å². The Kier molecular flexibility index (Phi) is 7.56. The Morgan fingerprint density at radius 2 is 2.08 bits per heavy atom. The maximum absolute atomic E-state index is 12.8. The molecule has 1 N–H and O–H groups in total. The van der Waals surface area contributed by atoms with Crippen LogP contribution in [0.15, 0.2) is 11.8 Å². The summed E-state index contributed by atoms with van der Waals surface area (Å²) in [6.45, 7) is 8.65. The van der Waals surface area contributed by atoms with Crippen molar-refractivity contribution in [2.75, 3.05) is 26.3 Å². The Bertz CT molecular complexity index is 429. The molecule has 0 aromatic rings. The molecule has 1 saturated heterocycles. The van der Waals surface area contributed by atoms with E-state index in [-0.39, 0.29) is 24.3 Å². The summed E-state index contributed by atoms with van der Waals surface area (Å²) in [6, 6.07) is 0. The van der Waals surface area contributed by atoms with Crippen LogP contribution in [0.25, 0.3) is 0 Å². The third kappa shape index (κ3) is 4.73. The van der Waals surface area contributed by atoms with Crippen LogP contribution >= 0.6 is 0 Å². The van der Waals surface area contributed by atoms with E-state index in [1.165, 1.54) is 6.42 Å². The number of nitrogens with zero attached hydrogens (tertiary/aromatic N) is 1. The number of amides is 1.